The zero-order valence-corrected chi connectivity index (χ0v) is 15.3. The first-order chi connectivity index (χ1) is 11.5. The SMILES string of the molecule is Cc1nc(N2CCOCC2)nc(C)c1NC(=O)c1cccc(Br)c1. The quantitative estimate of drug-likeness (QED) is 0.872. The Kier molecular flexibility index (Phi) is 5.11. The minimum atomic E-state index is -0.176. The molecule has 1 aliphatic rings. The van der Waals surface area contributed by atoms with Gasteiger partial charge in [0.25, 0.3) is 5.91 Å². The zero-order chi connectivity index (χ0) is 17.1. The summed E-state index contributed by atoms with van der Waals surface area (Å²) in [6.07, 6.45) is 0. The van der Waals surface area contributed by atoms with E-state index in [1.54, 1.807) is 12.1 Å². The Balaban J connectivity index is 1.82. The van der Waals surface area contributed by atoms with Gasteiger partial charge in [0.05, 0.1) is 30.3 Å². The van der Waals surface area contributed by atoms with Gasteiger partial charge in [-0.2, -0.15) is 0 Å². The van der Waals surface area contributed by atoms with E-state index in [1.807, 2.05) is 26.0 Å². The highest BCUT2D eigenvalue weighted by atomic mass is 79.9. The summed E-state index contributed by atoms with van der Waals surface area (Å²) < 4.78 is 6.22. The monoisotopic (exact) mass is 390 g/mol. The summed E-state index contributed by atoms with van der Waals surface area (Å²) in [7, 11) is 0. The Morgan fingerprint density at radius 1 is 1.21 bits per heavy atom. The molecule has 0 radical (unpaired) electrons. The van der Waals surface area contributed by atoms with E-state index in [0.29, 0.717) is 30.4 Å². The van der Waals surface area contributed by atoms with Crippen LogP contribution in [0.3, 0.4) is 0 Å². The minimum absolute atomic E-state index is 0.176. The van der Waals surface area contributed by atoms with Crippen LogP contribution < -0.4 is 10.2 Å². The summed E-state index contributed by atoms with van der Waals surface area (Å²) in [5, 5.41) is 2.92. The van der Waals surface area contributed by atoms with E-state index in [9.17, 15) is 4.79 Å². The molecule has 0 spiro atoms. The van der Waals surface area contributed by atoms with Crippen molar-refractivity contribution in [3.8, 4) is 0 Å². The number of halogens is 1. The van der Waals surface area contributed by atoms with Crippen molar-refractivity contribution in [2.75, 3.05) is 36.5 Å². The van der Waals surface area contributed by atoms with Gasteiger partial charge in [0.15, 0.2) is 0 Å². The topological polar surface area (TPSA) is 67.3 Å². The number of rotatable bonds is 3. The molecule has 24 heavy (non-hydrogen) atoms. The molecule has 1 aromatic carbocycles. The van der Waals surface area contributed by atoms with Crippen LogP contribution in [0.25, 0.3) is 0 Å². The summed E-state index contributed by atoms with van der Waals surface area (Å²) in [5.74, 6) is 0.513. The van der Waals surface area contributed by atoms with Crippen LogP contribution in [0.5, 0.6) is 0 Å². The fourth-order valence-corrected chi connectivity index (χ4v) is 3.00. The summed E-state index contributed by atoms with van der Waals surface area (Å²) >= 11 is 3.38. The van der Waals surface area contributed by atoms with E-state index >= 15 is 0 Å². The third kappa shape index (κ3) is 3.73. The van der Waals surface area contributed by atoms with Gasteiger partial charge in [-0.3, -0.25) is 4.79 Å². The van der Waals surface area contributed by atoms with Crippen molar-refractivity contribution in [1.82, 2.24) is 9.97 Å². The summed E-state index contributed by atoms with van der Waals surface area (Å²) in [6.45, 7) is 6.70. The third-order valence-corrected chi connectivity index (χ3v) is 4.37. The number of anilines is 2. The van der Waals surface area contributed by atoms with Gasteiger partial charge in [-0.15, -0.1) is 0 Å². The molecule has 1 fully saturated rings. The molecular formula is C17H19BrN4O2. The number of nitrogens with zero attached hydrogens (tertiary/aromatic N) is 3. The standard InChI is InChI=1S/C17H19BrN4O2/c1-11-15(21-16(23)13-4-3-5-14(18)10-13)12(2)20-17(19-11)22-6-8-24-9-7-22/h3-5,10H,6-9H2,1-2H3,(H,21,23). The molecule has 0 unspecified atom stereocenters. The Morgan fingerprint density at radius 3 is 2.50 bits per heavy atom. The van der Waals surface area contributed by atoms with Crippen molar-refractivity contribution in [2.45, 2.75) is 13.8 Å². The van der Waals surface area contributed by atoms with Crippen LogP contribution in [0.1, 0.15) is 21.7 Å². The number of nitrogens with one attached hydrogen (secondary N) is 1. The fraction of sp³-hybridized carbons (Fsp3) is 0.353. The van der Waals surface area contributed by atoms with E-state index in [-0.39, 0.29) is 5.91 Å². The summed E-state index contributed by atoms with van der Waals surface area (Å²) in [6, 6.07) is 7.26. The molecule has 0 aliphatic carbocycles. The fourth-order valence-electron chi connectivity index (χ4n) is 2.60. The number of hydrogen-bond donors (Lipinski definition) is 1. The Labute approximate surface area is 149 Å². The lowest BCUT2D eigenvalue weighted by atomic mass is 10.2. The molecule has 1 amide bonds. The normalized spacial score (nSPS) is 14.5. The number of aromatic nitrogens is 2. The molecular weight excluding hydrogens is 372 g/mol. The van der Waals surface area contributed by atoms with Gasteiger partial charge in [-0.1, -0.05) is 22.0 Å². The van der Waals surface area contributed by atoms with Crippen LogP contribution in [0.2, 0.25) is 0 Å². The Bertz CT molecular complexity index is 737. The zero-order valence-electron chi connectivity index (χ0n) is 13.7. The number of aryl methyl sites for hydroxylation is 2. The highest BCUT2D eigenvalue weighted by Gasteiger charge is 2.18. The van der Waals surface area contributed by atoms with Crippen LogP contribution in [0, 0.1) is 13.8 Å². The lowest BCUT2D eigenvalue weighted by Gasteiger charge is -2.27. The second-order valence-corrected chi connectivity index (χ2v) is 6.55. The lowest BCUT2D eigenvalue weighted by Crippen LogP contribution is -2.37. The van der Waals surface area contributed by atoms with Gasteiger partial charge in [0.1, 0.15) is 0 Å². The molecule has 3 rings (SSSR count). The van der Waals surface area contributed by atoms with Gasteiger partial charge in [0, 0.05) is 23.1 Å². The van der Waals surface area contributed by atoms with E-state index in [2.05, 4.69) is 36.1 Å². The summed E-state index contributed by atoms with van der Waals surface area (Å²) in [4.78, 5) is 23.7. The van der Waals surface area contributed by atoms with E-state index in [0.717, 1.165) is 29.0 Å². The van der Waals surface area contributed by atoms with Gasteiger partial charge in [-0.05, 0) is 32.0 Å². The first-order valence-electron chi connectivity index (χ1n) is 7.79. The smallest absolute Gasteiger partial charge is 0.255 e. The molecule has 0 atom stereocenters. The number of hydrogen-bond acceptors (Lipinski definition) is 5. The number of carbonyl (C=O) groups excluding carboxylic acids is 1. The highest BCUT2D eigenvalue weighted by molar-refractivity contribution is 9.10. The molecule has 126 valence electrons. The average Bonchev–Trinajstić information content (AvgIpc) is 2.58. The maximum atomic E-state index is 12.4. The maximum absolute atomic E-state index is 12.4. The second kappa shape index (κ2) is 7.27. The van der Waals surface area contributed by atoms with Crippen molar-refractivity contribution < 1.29 is 9.53 Å². The maximum Gasteiger partial charge on any atom is 0.255 e. The molecule has 0 saturated carbocycles. The molecule has 1 aliphatic heterocycles. The Morgan fingerprint density at radius 2 is 1.88 bits per heavy atom. The van der Waals surface area contributed by atoms with Crippen LogP contribution in [0.4, 0.5) is 11.6 Å². The van der Waals surface area contributed by atoms with Crippen molar-refractivity contribution in [3.63, 3.8) is 0 Å². The van der Waals surface area contributed by atoms with Crippen molar-refractivity contribution in [2.24, 2.45) is 0 Å². The van der Waals surface area contributed by atoms with Crippen LogP contribution in [0.15, 0.2) is 28.7 Å². The van der Waals surface area contributed by atoms with Crippen LogP contribution in [-0.4, -0.2) is 42.2 Å². The second-order valence-electron chi connectivity index (χ2n) is 5.63. The van der Waals surface area contributed by atoms with Crippen molar-refractivity contribution >= 4 is 33.5 Å². The molecule has 2 heterocycles. The lowest BCUT2D eigenvalue weighted by molar-refractivity contribution is 0.102. The Hall–Kier alpha value is -1.99. The number of morpholine rings is 1. The van der Waals surface area contributed by atoms with Gasteiger partial charge in [-0.25, -0.2) is 9.97 Å². The molecule has 7 heteroatoms. The number of carbonyl (C=O) groups is 1. The predicted molar refractivity (Wildman–Crippen MR) is 96.6 cm³/mol. The molecule has 1 aromatic heterocycles. The van der Waals surface area contributed by atoms with E-state index < -0.39 is 0 Å². The highest BCUT2D eigenvalue weighted by Crippen LogP contribution is 2.22. The molecule has 2 aromatic rings. The molecule has 1 N–H and O–H groups in total. The molecule has 1 saturated heterocycles. The minimum Gasteiger partial charge on any atom is -0.378 e. The third-order valence-electron chi connectivity index (χ3n) is 3.88. The van der Waals surface area contributed by atoms with Crippen LogP contribution >= 0.6 is 15.9 Å². The van der Waals surface area contributed by atoms with Crippen LogP contribution in [-0.2, 0) is 4.74 Å². The summed E-state index contributed by atoms with van der Waals surface area (Å²) in [5.41, 5.74) is 2.76. The first kappa shape index (κ1) is 16.9. The van der Waals surface area contributed by atoms with Gasteiger partial charge >= 0.3 is 0 Å². The average molecular weight is 391 g/mol. The molecule has 0 bridgehead atoms. The van der Waals surface area contributed by atoms with E-state index in [4.69, 9.17) is 4.74 Å². The predicted octanol–water partition coefficient (Wildman–Crippen LogP) is 2.94. The van der Waals surface area contributed by atoms with Gasteiger partial charge < -0.3 is 15.0 Å². The first-order valence-corrected chi connectivity index (χ1v) is 8.59. The number of amides is 1. The number of ether oxygens (including phenoxy) is 1. The number of benzene rings is 1. The molecule has 6 nitrogen and oxygen atoms in total. The largest absolute Gasteiger partial charge is 0.378 e. The van der Waals surface area contributed by atoms with Gasteiger partial charge in [0.2, 0.25) is 5.95 Å². The van der Waals surface area contributed by atoms with Crippen molar-refractivity contribution in [3.05, 3.63) is 45.7 Å². The van der Waals surface area contributed by atoms with Crippen molar-refractivity contribution in [1.29, 1.82) is 0 Å². The van der Waals surface area contributed by atoms with E-state index in [1.165, 1.54) is 0 Å².